The van der Waals surface area contributed by atoms with E-state index in [2.05, 4.69) is 64.1 Å². The van der Waals surface area contributed by atoms with E-state index in [1.54, 1.807) is 0 Å². The minimum absolute atomic E-state index is 0.138. The number of hydrogen-bond acceptors (Lipinski definition) is 6. The monoisotopic (exact) mass is 829 g/mol. The molecule has 4 rings (SSSR count). The van der Waals surface area contributed by atoms with E-state index in [4.69, 9.17) is 18.9 Å². The molecule has 0 saturated heterocycles. The summed E-state index contributed by atoms with van der Waals surface area (Å²) >= 11 is 0. The smallest absolute Gasteiger partial charge is 0.303 e. The van der Waals surface area contributed by atoms with Crippen LogP contribution < -0.4 is 18.9 Å². The lowest BCUT2D eigenvalue weighted by Gasteiger charge is -2.21. The molecule has 8 heteroatoms. The van der Waals surface area contributed by atoms with Gasteiger partial charge in [-0.3, -0.25) is 9.59 Å². The van der Waals surface area contributed by atoms with Gasteiger partial charge in [0.25, 0.3) is 0 Å². The number of unbranched alkanes of at least 4 members (excludes halogenated alkanes) is 14. The maximum Gasteiger partial charge on any atom is 0.303 e. The van der Waals surface area contributed by atoms with Crippen molar-refractivity contribution in [3.63, 3.8) is 0 Å². The lowest BCUT2D eigenvalue weighted by Crippen LogP contribution is -2.04. The van der Waals surface area contributed by atoms with E-state index in [9.17, 15) is 19.8 Å². The average Bonchev–Trinajstić information content (AvgIpc) is 3.23. The summed E-state index contributed by atoms with van der Waals surface area (Å²) in [5.74, 6) is 1.48. The fourth-order valence-electron chi connectivity index (χ4n) is 8.09. The van der Waals surface area contributed by atoms with Crippen molar-refractivity contribution in [2.75, 3.05) is 26.4 Å². The number of aliphatic carboxylic acids is 2. The Bertz CT molecular complexity index is 1760. The third kappa shape index (κ3) is 15.7. The van der Waals surface area contributed by atoms with E-state index in [0.29, 0.717) is 39.3 Å². The average molecular weight is 829 g/mol. The molecular weight excluding hydrogens is 753 g/mol. The number of fused-ring (bicyclic) bond motifs is 6. The van der Waals surface area contributed by atoms with Gasteiger partial charge in [0.2, 0.25) is 0 Å². The molecule has 0 aliphatic carbocycles. The third-order valence-corrected chi connectivity index (χ3v) is 11.6. The number of ether oxygens (including phenoxy) is 4. The van der Waals surface area contributed by atoms with Gasteiger partial charge in [-0.15, -0.1) is 0 Å². The highest BCUT2D eigenvalue weighted by molar-refractivity contribution is 6.26. The van der Waals surface area contributed by atoms with Crippen molar-refractivity contribution in [1.82, 2.24) is 0 Å². The first-order valence-corrected chi connectivity index (χ1v) is 23.8. The Morgan fingerprint density at radius 1 is 0.367 bits per heavy atom. The SMILES string of the molecule is CCCCCCOc1cc2c3cc(CCCCC(=O)O)c(CCCCC(=O)O)cc3c3cc(OCCCCCC)c(OCCCCCC)cc3c2cc1OCCCCCC. The van der Waals surface area contributed by atoms with Gasteiger partial charge < -0.3 is 29.2 Å². The minimum atomic E-state index is -0.779. The topological polar surface area (TPSA) is 112 Å². The lowest BCUT2D eigenvalue weighted by molar-refractivity contribution is -0.138. The fourth-order valence-corrected chi connectivity index (χ4v) is 8.09. The highest BCUT2D eigenvalue weighted by Crippen LogP contribution is 2.45. The highest BCUT2D eigenvalue weighted by atomic mass is 16.5. The first kappa shape index (κ1) is 48.5. The van der Waals surface area contributed by atoms with Crippen LogP contribution in [-0.4, -0.2) is 48.6 Å². The van der Waals surface area contributed by atoms with E-state index in [1.807, 2.05) is 0 Å². The fraction of sp³-hybridized carbons (Fsp3) is 0.615. The van der Waals surface area contributed by atoms with Crippen LogP contribution >= 0.6 is 0 Å². The predicted molar refractivity (Wildman–Crippen MR) is 248 cm³/mol. The molecule has 0 heterocycles. The van der Waals surface area contributed by atoms with Crippen LogP contribution in [0.3, 0.4) is 0 Å². The second-order valence-electron chi connectivity index (χ2n) is 16.7. The first-order valence-electron chi connectivity index (χ1n) is 23.8. The van der Waals surface area contributed by atoms with Crippen LogP contribution in [0.25, 0.3) is 32.3 Å². The summed E-state index contributed by atoms with van der Waals surface area (Å²) in [6.07, 6.45) is 22.3. The number of rotatable bonds is 34. The summed E-state index contributed by atoms with van der Waals surface area (Å²) < 4.78 is 26.4. The summed E-state index contributed by atoms with van der Waals surface area (Å²) in [4.78, 5) is 22.9. The summed E-state index contributed by atoms with van der Waals surface area (Å²) in [6.45, 7) is 11.4. The molecule has 2 N–H and O–H groups in total. The molecule has 0 atom stereocenters. The van der Waals surface area contributed by atoms with Gasteiger partial charge in [0.1, 0.15) is 0 Å². The third-order valence-electron chi connectivity index (χ3n) is 11.6. The molecule has 0 spiro atoms. The van der Waals surface area contributed by atoms with Gasteiger partial charge in [0, 0.05) is 12.8 Å². The van der Waals surface area contributed by atoms with Crippen LogP contribution in [0.4, 0.5) is 0 Å². The van der Waals surface area contributed by atoms with Gasteiger partial charge >= 0.3 is 11.9 Å². The Labute approximate surface area is 360 Å². The van der Waals surface area contributed by atoms with Crippen molar-refractivity contribution in [2.24, 2.45) is 0 Å². The van der Waals surface area contributed by atoms with E-state index in [1.165, 1.54) is 49.7 Å². The van der Waals surface area contributed by atoms with E-state index in [-0.39, 0.29) is 12.8 Å². The molecule has 0 bridgehead atoms. The van der Waals surface area contributed by atoms with E-state index in [0.717, 1.165) is 145 Å². The Morgan fingerprint density at radius 2 is 0.633 bits per heavy atom. The second-order valence-corrected chi connectivity index (χ2v) is 16.7. The van der Waals surface area contributed by atoms with Gasteiger partial charge in [-0.1, -0.05) is 117 Å². The molecule has 0 amide bonds. The molecule has 0 aromatic heterocycles. The van der Waals surface area contributed by atoms with Crippen LogP contribution in [0.1, 0.15) is 180 Å². The van der Waals surface area contributed by atoms with Gasteiger partial charge in [0.05, 0.1) is 26.4 Å². The molecule has 8 nitrogen and oxygen atoms in total. The lowest BCUT2D eigenvalue weighted by atomic mass is 9.88. The van der Waals surface area contributed by atoms with Gasteiger partial charge in [0.15, 0.2) is 23.0 Å². The quantitative estimate of drug-likeness (QED) is 0.0354. The molecular formula is C52H76O8. The standard InChI is InChI=1S/C52H76O8/c1-5-9-13-21-29-57-47-35-43-41-33-39(25-17-19-27-51(53)54)40(26-18-20-28-52(55)56)34-42(41)44-36-48(58-30-22-14-10-6-2)50(60-32-24-16-12-8-4)38-46(44)45(43)37-49(47)59-31-23-15-11-7-3/h33-38H,5-32H2,1-4H3,(H,53,54)(H,55,56). The molecule has 0 aliphatic heterocycles. The first-order chi connectivity index (χ1) is 29.3. The molecule has 0 fully saturated rings. The number of carboxylic acid groups (broad SMARTS) is 2. The number of hydrogen-bond donors (Lipinski definition) is 2. The molecule has 0 unspecified atom stereocenters. The van der Waals surface area contributed by atoms with Crippen molar-refractivity contribution in [3.05, 3.63) is 47.5 Å². The molecule has 0 radical (unpaired) electrons. The van der Waals surface area contributed by atoms with Crippen molar-refractivity contribution in [2.45, 2.75) is 182 Å². The normalized spacial score (nSPS) is 11.5. The summed E-state index contributed by atoms with van der Waals surface area (Å²) in [5.41, 5.74) is 2.36. The number of carbonyl (C=O) groups is 2. The summed E-state index contributed by atoms with van der Waals surface area (Å²) in [6, 6.07) is 13.3. The number of aryl methyl sites for hydroxylation is 2. The molecule has 0 aliphatic rings. The van der Waals surface area contributed by atoms with Gasteiger partial charge in [-0.25, -0.2) is 0 Å². The molecule has 4 aromatic rings. The maximum absolute atomic E-state index is 11.4. The maximum atomic E-state index is 11.4. The van der Waals surface area contributed by atoms with Crippen molar-refractivity contribution in [3.8, 4) is 23.0 Å². The summed E-state index contributed by atoms with van der Waals surface area (Å²) in [5, 5.41) is 25.3. The molecule has 4 aromatic carbocycles. The van der Waals surface area contributed by atoms with Crippen molar-refractivity contribution >= 4 is 44.3 Å². The summed E-state index contributed by atoms with van der Waals surface area (Å²) in [7, 11) is 0. The highest BCUT2D eigenvalue weighted by Gasteiger charge is 2.20. The van der Waals surface area contributed by atoms with E-state index < -0.39 is 11.9 Å². The van der Waals surface area contributed by atoms with Crippen LogP contribution in [0.2, 0.25) is 0 Å². The number of carboxylic acids is 2. The van der Waals surface area contributed by atoms with Crippen LogP contribution in [0.15, 0.2) is 36.4 Å². The number of benzene rings is 4. The van der Waals surface area contributed by atoms with Crippen molar-refractivity contribution in [1.29, 1.82) is 0 Å². The zero-order valence-corrected chi connectivity index (χ0v) is 37.6. The van der Waals surface area contributed by atoms with Gasteiger partial charge in [-0.2, -0.15) is 0 Å². The van der Waals surface area contributed by atoms with Crippen LogP contribution in [-0.2, 0) is 22.4 Å². The zero-order chi connectivity index (χ0) is 43.0. The second kappa shape index (κ2) is 27.6. The van der Waals surface area contributed by atoms with Crippen LogP contribution in [0.5, 0.6) is 23.0 Å². The Kier molecular flexibility index (Phi) is 22.3. The Balaban J connectivity index is 1.97. The molecule has 60 heavy (non-hydrogen) atoms. The van der Waals surface area contributed by atoms with Crippen molar-refractivity contribution < 1.29 is 38.7 Å². The largest absolute Gasteiger partial charge is 0.490 e. The minimum Gasteiger partial charge on any atom is -0.490 e. The molecule has 332 valence electrons. The Morgan fingerprint density at radius 3 is 0.883 bits per heavy atom. The van der Waals surface area contributed by atoms with Crippen LogP contribution in [0, 0.1) is 0 Å². The zero-order valence-electron chi connectivity index (χ0n) is 37.6. The Hall–Kier alpha value is -4.20. The predicted octanol–water partition coefficient (Wildman–Crippen LogP) is 14.6. The van der Waals surface area contributed by atoms with Gasteiger partial charge in [-0.05, 0) is 132 Å². The molecule has 0 saturated carbocycles. The van der Waals surface area contributed by atoms with E-state index >= 15 is 0 Å².